The maximum atomic E-state index is 5.59. The molecule has 0 spiro atoms. The summed E-state index contributed by atoms with van der Waals surface area (Å²) in [5.41, 5.74) is 1.06. The fraction of sp³-hybridized carbons (Fsp3) is 0.778. The van der Waals surface area contributed by atoms with Gasteiger partial charge in [-0.25, -0.2) is 0 Å². The number of hydrogen-bond donors (Lipinski definition) is 0. The fourth-order valence-electron chi connectivity index (χ4n) is 1.27. The second kappa shape index (κ2) is 3.92. The summed E-state index contributed by atoms with van der Waals surface area (Å²) in [4.78, 5) is 4.28. The van der Waals surface area contributed by atoms with Gasteiger partial charge in [0.15, 0.2) is 0 Å². The molecule has 0 aliphatic carbocycles. The van der Waals surface area contributed by atoms with E-state index in [1.807, 2.05) is 19.0 Å². The van der Waals surface area contributed by atoms with Gasteiger partial charge in [-0.05, 0) is 7.05 Å². The first-order valence-corrected chi connectivity index (χ1v) is 4.27. The standard InChI is InChI=1S/C9H18N2O/c1-8(10(2)3)9-7-11(4)5-6-12-9/h9H,1,5-7H2,2-4H3/t9-/m1/s1. The van der Waals surface area contributed by atoms with Crippen LogP contribution in [0.3, 0.4) is 0 Å². The maximum absolute atomic E-state index is 5.59. The molecule has 3 nitrogen and oxygen atoms in total. The Hall–Kier alpha value is -0.540. The number of rotatable bonds is 2. The van der Waals surface area contributed by atoms with Crippen molar-refractivity contribution in [3.8, 4) is 0 Å². The van der Waals surface area contributed by atoms with Gasteiger partial charge in [-0.2, -0.15) is 0 Å². The number of likely N-dealkylation sites (N-methyl/N-ethyl adjacent to an activating group) is 2. The van der Waals surface area contributed by atoms with E-state index in [0.29, 0.717) is 0 Å². The van der Waals surface area contributed by atoms with Gasteiger partial charge in [-0.1, -0.05) is 6.58 Å². The van der Waals surface area contributed by atoms with E-state index in [1.165, 1.54) is 0 Å². The molecule has 3 heteroatoms. The summed E-state index contributed by atoms with van der Waals surface area (Å²) in [6.45, 7) is 6.78. The lowest BCUT2D eigenvalue weighted by atomic mass is 10.2. The molecule has 1 fully saturated rings. The van der Waals surface area contributed by atoms with Gasteiger partial charge in [-0.15, -0.1) is 0 Å². The molecule has 1 aliphatic heterocycles. The zero-order valence-corrected chi connectivity index (χ0v) is 8.21. The molecular formula is C9H18N2O. The maximum Gasteiger partial charge on any atom is 0.109 e. The highest BCUT2D eigenvalue weighted by Crippen LogP contribution is 2.12. The Balaban J connectivity index is 2.46. The summed E-state index contributed by atoms with van der Waals surface area (Å²) in [5, 5.41) is 0. The molecule has 1 saturated heterocycles. The lowest BCUT2D eigenvalue weighted by molar-refractivity contribution is -0.00915. The lowest BCUT2D eigenvalue weighted by Crippen LogP contribution is -2.43. The van der Waals surface area contributed by atoms with E-state index in [4.69, 9.17) is 4.74 Å². The van der Waals surface area contributed by atoms with Crippen LogP contribution in [-0.4, -0.2) is 56.7 Å². The Morgan fingerprint density at radius 1 is 1.58 bits per heavy atom. The van der Waals surface area contributed by atoms with Gasteiger partial charge in [0, 0.05) is 32.9 Å². The average Bonchev–Trinajstić information content (AvgIpc) is 2.03. The van der Waals surface area contributed by atoms with Gasteiger partial charge in [-0.3, -0.25) is 0 Å². The predicted molar refractivity (Wildman–Crippen MR) is 50.1 cm³/mol. The topological polar surface area (TPSA) is 15.7 Å². The molecule has 1 atom stereocenters. The SMILES string of the molecule is C=C([C@H]1CN(C)CCO1)N(C)C. The van der Waals surface area contributed by atoms with E-state index in [9.17, 15) is 0 Å². The smallest absolute Gasteiger partial charge is 0.109 e. The quantitative estimate of drug-likeness (QED) is 0.596. The van der Waals surface area contributed by atoms with Gasteiger partial charge in [0.25, 0.3) is 0 Å². The summed E-state index contributed by atoms with van der Waals surface area (Å²) in [5.74, 6) is 0. The first-order valence-electron chi connectivity index (χ1n) is 4.27. The highest BCUT2D eigenvalue weighted by atomic mass is 16.5. The molecule has 0 aromatic rings. The summed E-state index contributed by atoms with van der Waals surface area (Å²) < 4.78 is 5.59. The first-order chi connectivity index (χ1) is 5.61. The van der Waals surface area contributed by atoms with Crippen molar-refractivity contribution in [1.82, 2.24) is 9.80 Å². The van der Waals surface area contributed by atoms with Crippen molar-refractivity contribution in [3.63, 3.8) is 0 Å². The molecule has 0 amide bonds. The van der Waals surface area contributed by atoms with Crippen molar-refractivity contribution in [2.45, 2.75) is 6.10 Å². The third kappa shape index (κ3) is 2.22. The van der Waals surface area contributed by atoms with Gasteiger partial charge in [0.1, 0.15) is 6.10 Å². The third-order valence-electron chi connectivity index (χ3n) is 2.22. The van der Waals surface area contributed by atoms with Gasteiger partial charge < -0.3 is 14.5 Å². The van der Waals surface area contributed by atoms with Crippen molar-refractivity contribution in [2.75, 3.05) is 40.8 Å². The van der Waals surface area contributed by atoms with E-state index >= 15 is 0 Å². The highest BCUT2D eigenvalue weighted by Gasteiger charge is 2.20. The molecule has 0 radical (unpaired) electrons. The third-order valence-corrected chi connectivity index (χ3v) is 2.22. The van der Waals surface area contributed by atoms with Crippen LogP contribution in [0.15, 0.2) is 12.3 Å². The van der Waals surface area contributed by atoms with Crippen molar-refractivity contribution >= 4 is 0 Å². The second-order valence-corrected chi connectivity index (χ2v) is 3.51. The van der Waals surface area contributed by atoms with E-state index < -0.39 is 0 Å². The minimum atomic E-state index is 0.179. The predicted octanol–water partition coefficient (Wildman–Crippen LogP) is 0.392. The highest BCUT2D eigenvalue weighted by molar-refractivity contribution is 5.01. The molecule has 1 rings (SSSR count). The van der Waals surface area contributed by atoms with Gasteiger partial charge in [0.05, 0.1) is 6.61 Å². The molecule has 0 aromatic heterocycles. The van der Waals surface area contributed by atoms with Crippen LogP contribution in [-0.2, 0) is 4.74 Å². The Kier molecular flexibility index (Phi) is 3.12. The first kappa shape index (κ1) is 9.55. The minimum absolute atomic E-state index is 0.179. The number of nitrogens with zero attached hydrogens (tertiary/aromatic N) is 2. The van der Waals surface area contributed by atoms with Crippen molar-refractivity contribution in [2.24, 2.45) is 0 Å². The zero-order chi connectivity index (χ0) is 9.14. The van der Waals surface area contributed by atoms with Crippen LogP contribution in [0.1, 0.15) is 0 Å². The number of ether oxygens (including phenoxy) is 1. The van der Waals surface area contributed by atoms with Crippen LogP contribution in [0, 0.1) is 0 Å². The van der Waals surface area contributed by atoms with Crippen LogP contribution in [0.25, 0.3) is 0 Å². The van der Waals surface area contributed by atoms with Crippen molar-refractivity contribution in [1.29, 1.82) is 0 Å². The molecule has 12 heavy (non-hydrogen) atoms. The van der Waals surface area contributed by atoms with E-state index in [-0.39, 0.29) is 6.10 Å². The zero-order valence-electron chi connectivity index (χ0n) is 8.21. The van der Waals surface area contributed by atoms with E-state index in [0.717, 1.165) is 25.4 Å². The van der Waals surface area contributed by atoms with Gasteiger partial charge in [0.2, 0.25) is 0 Å². The molecule has 1 aliphatic rings. The van der Waals surface area contributed by atoms with E-state index in [2.05, 4.69) is 18.5 Å². The summed E-state index contributed by atoms with van der Waals surface area (Å²) in [7, 11) is 6.11. The van der Waals surface area contributed by atoms with Gasteiger partial charge >= 0.3 is 0 Å². The summed E-state index contributed by atoms with van der Waals surface area (Å²) >= 11 is 0. The fourth-order valence-corrected chi connectivity index (χ4v) is 1.27. The number of hydrogen-bond acceptors (Lipinski definition) is 3. The summed E-state index contributed by atoms with van der Waals surface area (Å²) in [6, 6.07) is 0. The summed E-state index contributed by atoms with van der Waals surface area (Å²) in [6.07, 6.45) is 0.179. The van der Waals surface area contributed by atoms with Crippen LogP contribution in [0.4, 0.5) is 0 Å². The molecule has 0 bridgehead atoms. The largest absolute Gasteiger partial charge is 0.379 e. The molecule has 0 N–H and O–H groups in total. The van der Waals surface area contributed by atoms with E-state index in [1.54, 1.807) is 0 Å². The molecule has 0 saturated carbocycles. The second-order valence-electron chi connectivity index (χ2n) is 3.51. The Morgan fingerprint density at radius 2 is 2.25 bits per heavy atom. The molecule has 70 valence electrons. The molecule has 0 aromatic carbocycles. The Bertz CT molecular complexity index is 168. The normalized spacial score (nSPS) is 25.4. The van der Waals surface area contributed by atoms with Crippen LogP contribution >= 0.6 is 0 Å². The monoisotopic (exact) mass is 170 g/mol. The van der Waals surface area contributed by atoms with Crippen molar-refractivity contribution < 1.29 is 4.74 Å². The Morgan fingerprint density at radius 3 is 2.75 bits per heavy atom. The van der Waals surface area contributed by atoms with Crippen molar-refractivity contribution in [3.05, 3.63) is 12.3 Å². The minimum Gasteiger partial charge on any atom is -0.379 e. The molecular weight excluding hydrogens is 152 g/mol. The number of morpholine rings is 1. The molecule has 0 unspecified atom stereocenters. The molecule has 1 heterocycles. The van der Waals surface area contributed by atoms with Crippen LogP contribution < -0.4 is 0 Å². The lowest BCUT2D eigenvalue weighted by Gasteiger charge is -2.33. The van der Waals surface area contributed by atoms with Crippen LogP contribution in [0.2, 0.25) is 0 Å². The Labute approximate surface area is 74.6 Å². The average molecular weight is 170 g/mol. The van der Waals surface area contributed by atoms with Crippen LogP contribution in [0.5, 0.6) is 0 Å².